The lowest BCUT2D eigenvalue weighted by molar-refractivity contribution is 0.414. The first-order valence-corrected chi connectivity index (χ1v) is 15.9. The number of nitrogens with zero attached hydrogens (tertiary/aromatic N) is 4. The molecule has 0 aliphatic carbocycles. The lowest BCUT2D eigenvalue weighted by atomic mass is 9.93. The number of ether oxygens (including phenoxy) is 2. The van der Waals surface area contributed by atoms with Crippen LogP contribution in [0.25, 0.3) is 44.4 Å². The molecule has 0 unspecified atom stereocenters. The summed E-state index contributed by atoms with van der Waals surface area (Å²) in [5.74, 6) is 2.65. The molecule has 0 aliphatic rings. The van der Waals surface area contributed by atoms with Crippen LogP contribution in [0.5, 0.6) is 17.2 Å². The maximum absolute atomic E-state index is 15.1. The molecule has 236 valence electrons. The van der Waals surface area contributed by atoms with E-state index in [1.165, 1.54) is 28.8 Å². The summed E-state index contributed by atoms with van der Waals surface area (Å²) in [4.78, 5) is 4.64. The minimum Gasteiger partial charge on any atom is -0.497 e. The number of aromatic nitrogens is 4. The van der Waals surface area contributed by atoms with Gasteiger partial charge >= 0.3 is 0 Å². The number of pyridine rings is 1. The average molecular weight is 625 g/mol. The lowest BCUT2D eigenvalue weighted by Gasteiger charge is -2.12. The van der Waals surface area contributed by atoms with Crippen molar-refractivity contribution in [3.63, 3.8) is 0 Å². The number of para-hydroxylation sites is 1. The molecule has 0 aliphatic heterocycles. The molecule has 0 N–H and O–H groups in total. The Morgan fingerprint density at radius 2 is 1.60 bits per heavy atom. The summed E-state index contributed by atoms with van der Waals surface area (Å²) in [5, 5.41) is 6.76. The predicted octanol–water partition coefficient (Wildman–Crippen LogP) is 10.2. The minimum absolute atomic E-state index is 0.375. The van der Waals surface area contributed by atoms with Gasteiger partial charge in [0.15, 0.2) is 0 Å². The van der Waals surface area contributed by atoms with Gasteiger partial charge < -0.3 is 9.47 Å². The molecule has 7 aromatic rings. The van der Waals surface area contributed by atoms with Gasteiger partial charge in [-0.25, -0.2) is 14.1 Å². The van der Waals surface area contributed by atoms with Gasteiger partial charge in [-0.1, -0.05) is 44.2 Å². The molecule has 0 fully saturated rings. The molecule has 0 saturated heterocycles. The van der Waals surface area contributed by atoms with Gasteiger partial charge in [-0.2, -0.15) is 5.10 Å². The van der Waals surface area contributed by atoms with E-state index in [4.69, 9.17) is 9.47 Å². The third-order valence-corrected chi connectivity index (χ3v) is 8.66. The Labute approximate surface area is 274 Å². The Kier molecular flexibility index (Phi) is 7.98. The molecular weight excluding hydrogens is 587 g/mol. The predicted molar refractivity (Wildman–Crippen MR) is 187 cm³/mol. The first-order chi connectivity index (χ1) is 22.8. The standard InChI is InChI=1S/C40H37FN4O2/c1-25(2)10-11-28-16-26(3)40(27(4)17-28)29-23-43-44(24-29)31-18-30(41)19-34(20-31)47-33-12-13-36-35-8-6-7-9-37(35)45(38(36)21-33)39-22-32(46-5)14-15-42-39/h6-9,12-25H,10-11H2,1-5H3. The summed E-state index contributed by atoms with van der Waals surface area (Å²) >= 11 is 0. The van der Waals surface area contributed by atoms with E-state index in [0.29, 0.717) is 28.9 Å². The van der Waals surface area contributed by atoms with E-state index in [9.17, 15) is 0 Å². The van der Waals surface area contributed by atoms with Crippen molar-refractivity contribution in [3.8, 4) is 39.9 Å². The second kappa shape index (κ2) is 12.4. The molecule has 0 radical (unpaired) electrons. The van der Waals surface area contributed by atoms with Crippen LogP contribution in [0.3, 0.4) is 0 Å². The molecule has 0 saturated carbocycles. The average Bonchev–Trinajstić information content (AvgIpc) is 3.66. The van der Waals surface area contributed by atoms with Gasteiger partial charge in [-0.15, -0.1) is 0 Å². The van der Waals surface area contributed by atoms with Gasteiger partial charge in [0.1, 0.15) is 28.9 Å². The Morgan fingerprint density at radius 1 is 0.809 bits per heavy atom. The first-order valence-electron chi connectivity index (χ1n) is 15.9. The van der Waals surface area contributed by atoms with Gasteiger partial charge in [0, 0.05) is 53.0 Å². The van der Waals surface area contributed by atoms with Crippen LogP contribution in [0, 0.1) is 25.6 Å². The molecule has 7 rings (SSSR count). The molecule has 3 aromatic heterocycles. The second-order valence-electron chi connectivity index (χ2n) is 12.5. The molecule has 3 heterocycles. The van der Waals surface area contributed by atoms with Gasteiger partial charge in [0.2, 0.25) is 0 Å². The quantitative estimate of drug-likeness (QED) is 0.160. The third-order valence-electron chi connectivity index (χ3n) is 8.66. The highest BCUT2D eigenvalue weighted by Crippen LogP contribution is 2.36. The molecule has 4 aromatic carbocycles. The summed E-state index contributed by atoms with van der Waals surface area (Å²) in [5.41, 5.74) is 8.43. The Balaban J connectivity index is 1.22. The molecule has 6 nitrogen and oxygen atoms in total. The fraction of sp³-hybridized carbons (Fsp3) is 0.200. The highest BCUT2D eigenvalue weighted by Gasteiger charge is 2.16. The summed E-state index contributed by atoms with van der Waals surface area (Å²) in [6.07, 6.45) is 7.76. The van der Waals surface area contributed by atoms with Crippen LogP contribution in [-0.4, -0.2) is 26.4 Å². The van der Waals surface area contributed by atoms with Crippen molar-refractivity contribution in [2.75, 3.05) is 7.11 Å². The van der Waals surface area contributed by atoms with Crippen LogP contribution in [0.1, 0.15) is 37.0 Å². The van der Waals surface area contributed by atoms with E-state index in [2.05, 4.69) is 66.6 Å². The molecular formula is C40H37FN4O2. The number of hydrogen-bond donors (Lipinski definition) is 0. The second-order valence-corrected chi connectivity index (χ2v) is 12.5. The van der Waals surface area contributed by atoms with E-state index < -0.39 is 5.82 Å². The Bertz CT molecular complexity index is 2220. The monoisotopic (exact) mass is 624 g/mol. The topological polar surface area (TPSA) is 54.1 Å². The number of aryl methyl sites for hydroxylation is 3. The van der Waals surface area contributed by atoms with E-state index >= 15 is 4.39 Å². The van der Waals surface area contributed by atoms with Crippen LogP contribution in [0.4, 0.5) is 4.39 Å². The van der Waals surface area contributed by atoms with Crippen LogP contribution in [0.15, 0.2) is 104 Å². The maximum Gasteiger partial charge on any atom is 0.141 e. The first kappa shape index (κ1) is 30.2. The van der Waals surface area contributed by atoms with E-state index in [1.807, 2.05) is 54.9 Å². The SMILES string of the molecule is COc1ccnc(-n2c3ccccc3c3ccc(Oc4cc(F)cc(-n5cc(-c6c(C)cc(CCC(C)C)cc6C)cn5)c4)cc32)c1. The van der Waals surface area contributed by atoms with Crippen LogP contribution in [-0.2, 0) is 6.42 Å². The summed E-state index contributed by atoms with van der Waals surface area (Å²) < 4.78 is 30.6. The molecule has 0 bridgehead atoms. The number of fused-ring (bicyclic) bond motifs is 3. The Hall–Kier alpha value is -5.43. The van der Waals surface area contributed by atoms with Crippen LogP contribution in [0.2, 0.25) is 0 Å². The molecule has 0 amide bonds. The van der Waals surface area contributed by atoms with Crippen molar-refractivity contribution >= 4 is 21.8 Å². The van der Waals surface area contributed by atoms with Gasteiger partial charge in [-0.3, -0.25) is 4.57 Å². The zero-order chi connectivity index (χ0) is 32.7. The van der Waals surface area contributed by atoms with Crippen molar-refractivity contribution < 1.29 is 13.9 Å². The molecule has 47 heavy (non-hydrogen) atoms. The fourth-order valence-electron chi connectivity index (χ4n) is 6.49. The number of rotatable bonds is 9. The zero-order valence-electron chi connectivity index (χ0n) is 27.3. The number of hydrogen-bond acceptors (Lipinski definition) is 4. The van der Waals surface area contributed by atoms with Crippen LogP contribution < -0.4 is 9.47 Å². The van der Waals surface area contributed by atoms with Crippen molar-refractivity contribution in [3.05, 3.63) is 126 Å². The normalized spacial score (nSPS) is 11.6. The van der Waals surface area contributed by atoms with Crippen LogP contribution >= 0.6 is 0 Å². The third kappa shape index (κ3) is 5.97. The molecule has 0 spiro atoms. The summed E-state index contributed by atoms with van der Waals surface area (Å²) in [6.45, 7) is 8.80. The van der Waals surface area contributed by atoms with Gasteiger partial charge in [0.25, 0.3) is 0 Å². The highest BCUT2D eigenvalue weighted by molar-refractivity contribution is 6.09. The van der Waals surface area contributed by atoms with Crippen molar-refractivity contribution in [1.29, 1.82) is 0 Å². The van der Waals surface area contributed by atoms with E-state index in [-0.39, 0.29) is 0 Å². The van der Waals surface area contributed by atoms with Gasteiger partial charge in [-0.05, 0) is 85.2 Å². The largest absolute Gasteiger partial charge is 0.497 e. The summed E-state index contributed by atoms with van der Waals surface area (Å²) in [6, 6.07) is 27.0. The Morgan fingerprint density at radius 3 is 2.38 bits per heavy atom. The minimum atomic E-state index is -0.410. The number of benzene rings is 4. The van der Waals surface area contributed by atoms with Crippen molar-refractivity contribution in [2.24, 2.45) is 5.92 Å². The highest BCUT2D eigenvalue weighted by atomic mass is 19.1. The van der Waals surface area contributed by atoms with Crippen molar-refractivity contribution in [2.45, 2.75) is 40.5 Å². The molecule has 7 heteroatoms. The maximum atomic E-state index is 15.1. The number of halogens is 1. The van der Waals surface area contributed by atoms with Crippen molar-refractivity contribution in [1.82, 2.24) is 19.3 Å². The van der Waals surface area contributed by atoms with Gasteiger partial charge in [0.05, 0.1) is 30.0 Å². The van der Waals surface area contributed by atoms with E-state index in [1.54, 1.807) is 24.1 Å². The van der Waals surface area contributed by atoms with E-state index in [0.717, 1.165) is 51.6 Å². The zero-order valence-corrected chi connectivity index (χ0v) is 27.3. The smallest absolute Gasteiger partial charge is 0.141 e. The fourth-order valence-corrected chi connectivity index (χ4v) is 6.49. The molecule has 0 atom stereocenters. The number of methoxy groups -OCH3 is 1. The lowest BCUT2D eigenvalue weighted by Crippen LogP contribution is -1.98. The summed E-state index contributed by atoms with van der Waals surface area (Å²) in [7, 11) is 1.64.